The number of aryl methyl sites for hydroxylation is 2. The molecule has 6 heteroatoms. The molecule has 0 aliphatic rings. The molecule has 0 atom stereocenters. The molecule has 2 aromatic heterocycles. The summed E-state index contributed by atoms with van der Waals surface area (Å²) in [6.45, 7) is 2.80. The lowest BCUT2D eigenvalue weighted by molar-refractivity contribution is 0.683. The zero-order valence-electron chi connectivity index (χ0n) is 11.0. The molecule has 20 heavy (non-hydrogen) atoms. The van der Waals surface area contributed by atoms with Gasteiger partial charge in [-0.1, -0.05) is 30.3 Å². The quantitative estimate of drug-likeness (QED) is 0.749. The highest BCUT2D eigenvalue weighted by molar-refractivity contribution is 7.71. The molecular weight excluding hydrogens is 288 g/mol. The fourth-order valence-electron chi connectivity index (χ4n) is 2.08. The summed E-state index contributed by atoms with van der Waals surface area (Å²) in [5.74, 6) is 0.877. The summed E-state index contributed by atoms with van der Waals surface area (Å²) in [7, 11) is 0. The summed E-state index contributed by atoms with van der Waals surface area (Å²) in [5.41, 5.74) is 2.17. The number of rotatable bonds is 4. The largest absolute Gasteiger partial charge is 0.300 e. The van der Waals surface area contributed by atoms with E-state index in [1.807, 2.05) is 41.8 Å². The number of hydrogen-bond donors (Lipinski definition) is 1. The molecule has 1 aromatic carbocycles. The molecule has 0 spiro atoms. The highest BCUT2D eigenvalue weighted by Gasteiger charge is 2.09. The molecule has 0 unspecified atom stereocenters. The van der Waals surface area contributed by atoms with E-state index >= 15 is 0 Å². The third kappa shape index (κ3) is 2.71. The van der Waals surface area contributed by atoms with Gasteiger partial charge in [0.1, 0.15) is 0 Å². The minimum atomic E-state index is 0.649. The summed E-state index contributed by atoms with van der Waals surface area (Å²) in [4.78, 5) is 4.48. The number of benzene rings is 1. The van der Waals surface area contributed by atoms with E-state index in [2.05, 4.69) is 20.6 Å². The minimum absolute atomic E-state index is 0.649. The predicted octanol–water partition coefficient (Wildman–Crippen LogP) is 3.62. The molecule has 0 radical (unpaired) electrons. The van der Waals surface area contributed by atoms with E-state index < -0.39 is 0 Å². The third-order valence-corrected chi connectivity index (χ3v) is 4.18. The second-order valence-corrected chi connectivity index (χ2v) is 5.93. The van der Waals surface area contributed by atoms with Crippen LogP contribution in [0.4, 0.5) is 0 Å². The van der Waals surface area contributed by atoms with E-state index in [0.717, 1.165) is 35.1 Å². The van der Waals surface area contributed by atoms with E-state index in [1.165, 1.54) is 0 Å². The van der Waals surface area contributed by atoms with Crippen LogP contribution in [0.1, 0.15) is 10.7 Å². The van der Waals surface area contributed by atoms with Crippen molar-refractivity contribution in [2.75, 3.05) is 0 Å². The molecule has 3 rings (SSSR count). The van der Waals surface area contributed by atoms with Gasteiger partial charge in [-0.25, -0.2) is 4.98 Å². The number of thiazole rings is 1. The molecule has 0 saturated heterocycles. The molecule has 0 aliphatic heterocycles. The molecule has 0 amide bonds. The summed E-state index contributed by atoms with van der Waals surface area (Å²) >= 11 is 7.00. The fourth-order valence-corrected chi connectivity index (χ4v) is 2.95. The van der Waals surface area contributed by atoms with Crippen LogP contribution in [0.2, 0.25) is 0 Å². The van der Waals surface area contributed by atoms with Crippen LogP contribution >= 0.6 is 23.6 Å². The lowest BCUT2D eigenvalue weighted by atomic mass is 10.2. The van der Waals surface area contributed by atoms with E-state index in [-0.39, 0.29) is 0 Å². The lowest BCUT2D eigenvalue weighted by Gasteiger charge is -2.05. The second-order valence-electron chi connectivity index (χ2n) is 4.48. The normalized spacial score (nSPS) is 10.8. The van der Waals surface area contributed by atoms with Crippen LogP contribution in [0.3, 0.4) is 0 Å². The maximum atomic E-state index is 5.32. The zero-order valence-corrected chi connectivity index (χ0v) is 12.7. The Morgan fingerprint density at radius 1 is 1.30 bits per heavy atom. The van der Waals surface area contributed by atoms with Gasteiger partial charge in [0.2, 0.25) is 0 Å². The van der Waals surface area contributed by atoms with Crippen molar-refractivity contribution in [3.05, 3.63) is 51.2 Å². The molecule has 0 aliphatic carbocycles. The van der Waals surface area contributed by atoms with Crippen molar-refractivity contribution in [2.45, 2.75) is 19.9 Å². The van der Waals surface area contributed by atoms with Crippen molar-refractivity contribution >= 4 is 23.6 Å². The van der Waals surface area contributed by atoms with Gasteiger partial charge in [-0.3, -0.25) is 9.67 Å². The predicted molar refractivity (Wildman–Crippen MR) is 83.4 cm³/mol. The standard InChI is InChI=1S/C14H14N4S2/c1-10-15-12(9-20-10)7-8-18-13(16-17-14(18)19)11-5-3-2-4-6-11/h2-6,9H,7-8H2,1H3,(H,17,19). The van der Waals surface area contributed by atoms with E-state index in [0.29, 0.717) is 4.77 Å². The molecule has 2 heterocycles. The monoisotopic (exact) mass is 302 g/mol. The first-order chi connectivity index (χ1) is 9.74. The maximum absolute atomic E-state index is 5.32. The maximum Gasteiger partial charge on any atom is 0.195 e. The number of hydrogen-bond acceptors (Lipinski definition) is 4. The van der Waals surface area contributed by atoms with Gasteiger partial charge >= 0.3 is 0 Å². The van der Waals surface area contributed by atoms with Crippen LogP contribution in [0.5, 0.6) is 0 Å². The topological polar surface area (TPSA) is 46.5 Å². The Morgan fingerprint density at radius 2 is 2.10 bits per heavy atom. The van der Waals surface area contributed by atoms with Crippen molar-refractivity contribution in [1.29, 1.82) is 0 Å². The van der Waals surface area contributed by atoms with Crippen LogP contribution in [0.25, 0.3) is 11.4 Å². The SMILES string of the molecule is Cc1nc(CCn2c(-c3ccccc3)n[nH]c2=S)cs1. The Balaban J connectivity index is 1.86. The second kappa shape index (κ2) is 5.68. The van der Waals surface area contributed by atoms with Gasteiger partial charge in [-0.15, -0.1) is 11.3 Å². The van der Waals surface area contributed by atoms with Crippen LogP contribution in [0.15, 0.2) is 35.7 Å². The van der Waals surface area contributed by atoms with Crippen LogP contribution < -0.4 is 0 Å². The Hall–Kier alpha value is -1.79. The van der Waals surface area contributed by atoms with Gasteiger partial charge in [0.05, 0.1) is 10.7 Å². The minimum Gasteiger partial charge on any atom is -0.300 e. The van der Waals surface area contributed by atoms with Crippen LogP contribution in [-0.2, 0) is 13.0 Å². The fraction of sp³-hybridized carbons (Fsp3) is 0.214. The zero-order chi connectivity index (χ0) is 13.9. The number of aromatic amines is 1. The summed E-state index contributed by atoms with van der Waals surface area (Å²) in [5, 5.41) is 10.4. The van der Waals surface area contributed by atoms with Gasteiger partial charge in [-0.05, 0) is 19.1 Å². The molecular formula is C14H14N4S2. The van der Waals surface area contributed by atoms with Gasteiger partial charge in [-0.2, -0.15) is 5.10 Å². The molecule has 1 N–H and O–H groups in total. The highest BCUT2D eigenvalue weighted by Crippen LogP contribution is 2.17. The smallest absolute Gasteiger partial charge is 0.195 e. The van der Waals surface area contributed by atoms with E-state index in [1.54, 1.807) is 11.3 Å². The molecule has 4 nitrogen and oxygen atoms in total. The van der Waals surface area contributed by atoms with Crippen molar-refractivity contribution in [1.82, 2.24) is 19.7 Å². The van der Waals surface area contributed by atoms with Crippen molar-refractivity contribution in [2.24, 2.45) is 0 Å². The Kier molecular flexibility index (Phi) is 3.75. The molecule has 0 saturated carbocycles. The van der Waals surface area contributed by atoms with Gasteiger partial charge in [0, 0.05) is 23.9 Å². The molecule has 0 bridgehead atoms. The Morgan fingerprint density at radius 3 is 2.80 bits per heavy atom. The van der Waals surface area contributed by atoms with E-state index in [9.17, 15) is 0 Å². The average molecular weight is 302 g/mol. The highest BCUT2D eigenvalue weighted by atomic mass is 32.1. The lowest BCUT2D eigenvalue weighted by Crippen LogP contribution is -2.04. The van der Waals surface area contributed by atoms with Crippen molar-refractivity contribution in [3.8, 4) is 11.4 Å². The average Bonchev–Trinajstić information content (AvgIpc) is 3.04. The van der Waals surface area contributed by atoms with Gasteiger partial charge in [0.15, 0.2) is 10.6 Å². The number of nitrogens with zero attached hydrogens (tertiary/aromatic N) is 3. The Labute approximate surface area is 126 Å². The molecule has 3 aromatic rings. The Bertz CT molecular complexity index is 755. The van der Waals surface area contributed by atoms with Crippen LogP contribution in [-0.4, -0.2) is 19.7 Å². The first kappa shape index (κ1) is 13.2. The van der Waals surface area contributed by atoms with Gasteiger partial charge in [0.25, 0.3) is 0 Å². The number of aromatic nitrogens is 4. The summed E-state index contributed by atoms with van der Waals surface area (Å²) in [6.07, 6.45) is 0.859. The van der Waals surface area contributed by atoms with Crippen molar-refractivity contribution < 1.29 is 0 Å². The third-order valence-electron chi connectivity index (χ3n) is 3.05. The van der Waals surface area contributed by atoms with Gasteiger partial charge < -0.3 is 0 Å². The summed E-state index contributed by atoms with van der Waals surface area (Å²) < 4.78 is 2.68. The van der Waals surface area contributed by atoms with E-state index in [4.69, 9.17) is 12.2 Å². The first-order valence-corrected chi connectivity index (χ1v) is 7.64. The molecule has 0 fully saturated rings. The first-order valence-electron chi connectivity index (χ1n) is 6.35. The molecule has 102 valence electrons. The number of nitrogens with one attached hydrogen (secondary N) is 1. The number of H-pyrrole nitrogens is 1. The van der Waals surface area contributed by atoms with Crippen LogP contribution in [0, 0.1) is 11.7 Å². The summed E-state index contributed by atoms with van der Waals surface area (Å²) in [6, 6.07) is 10.1. The van der Waals surface area contributed by atoms with Crippen molar-refractivity contribution in [3.63, 3.8) is 0 Å².